The number of amides is 1. The summed E-state index contributed by atoms with van der Waals surface area (Å²) in [5.74, 6) is 0.479. The van der Waals surface area contributed by atoms with Gasteiger partial charge in [0, 0.05) is 24.7 Å². The highest BCUT2D eigenvalue weighted by Crippen LogP contribution is 2.19. The highest BCUT2D eigenvalue weighted by atomic mass is 16.5. The van der Waals surface area contributed by atoms with Crippen LogP contribution in [0.25, 0.3) is 0 Å². The second-order valence-electron chi connectivity index (χ2n) is 6.76. The van der Waals surface area contributed by atoms with E-state index in [2.05, 4.69) is 22.2 Å². The number of aromatic nitrogens is 1. The number of carbonyl (C=O) groups excluding carboxylic acids is 1. The van der Waals surface area contributed by atoms with Gasteiger partial charge in [-0.05, 0) is 63.1 Å². The monoisotopic (exact) mass is 339 g/mol. The lowest BCUT2D eigenvalue weighted by Crippen LogP contribution is -2.35. The fraction of sp³-hybridized carbons (Fsp3) is 0.400. The van der Waals surface area contributed by atoms with Crippen LogP contribution in [0, 0.1) is 13.8 Å². The van der Waals surface area contributed by atoms with E-state index < -0.39 is 0 Å². The third-order valence-electron chi connectivity index (χ3n) is 4.72. The molecule has 25 heavy (non-hydrogen) atoms. The van der Waals surface area contributed by atoms with Crippen molar-refractivity contribution < 1.29 is 9.53 Å². The molecule has 1 aromatic carbocycles. The van der Waals surface area contributed by atoms with Gasteiger partial charge in [0.15, 0.2) is 0 Å². The molecule has 0 bridgehead atoms. The van der Waals surface area contributed by atoms with Crippen LogP contribution >= 0.6 is 0 Å². The Morgan fingerprint density at radius 2 is 1.92 bits per heavy atom. The zero-order valence-corrected chi connectivity index (χ0v) is 15.1. The first-order valence-electron chi connectivity index (χ1n) is 8.71. The van der Waals surface area contributed by atoms with Crippen LogP contribution in [0.3, 0.4) is 0 Å². The molecular formula is C20H25N3O2. The molecule has 0 unspecified atom stereocenters. The zero-order valence-electron chi connectivity index (χ0n) is 15.1. The average Bonchev–Trinajstić information content (AvgIpc) is 2.61. The quantitative estimate of drug-likeness (QED) is 0.927. The first-order chi connectivity index (χ1) is 12.0. The molecule has 2 aromatic rings. The van der Waals surface area contributed by atoms with E-state index in [0.29, 0.717) is 17.1 Å². The molecule has 1 fully saturated rings. The molecule has 0 radical (unpaired) electrons. The molecule has 5 heteroatoms. The number of nitrogens with one attached hydrogen (secondary N) is 1. The SMILES string of the molecule is Cc1ccc(C(=O)Nc2ccc(OC3CCN(C)CC3)nc2)cc1C. The van der Waals surface area contributed by atoms with Gasteiger partial charge in [-0.1, -0.05) is 6.07 Å². The first kappa shape index (κ1) is 17.4. The van der Waals surface area contributed by atoms with Gasteiger partial charge in [0.1, 0.15) is 6.10 Å². The van der Waals surface area contributed by atoms with E-state index in [0.717, 1.165) is 31.5 Å². The number of hydrogen-bond acceptors (Lipinski definition) is 4. The maximum absolute atomic E-state index is 12.3. The van der Waals surface area contributed by atoms with Crippen molar-refractivity contribution in [2.24, 2.45) is 0 Å². The van der Waals surface area contributed by atoms with Crippen molar-refractivity contribution in [3.8, 4) is 5.88 Å². The van der Waals surface area contributed by atoms with Crippen LogP contribution in [-0.2, 0) is 0 Å². The van der Waals surface area contributed by atoms with Crippen LogP contribution in [0.15, 0.2) is 36.5 Å². The number of likely N-dealkylation sites (tertiary alicyclic amines) is 1. The molecule has 5 nitrogen and oxygen atoms in total. The molecular weight excluding hydrogens is 314 g/mol. The zero-order chi connectivity index (χ0) is 17.8. The second kappa shape index (κ2) is 7.66. The Bertz CT molecular complexity index is 735. The van der Waals surface area contributed by atoms with Gasteiger partial charge in [-0.25, -0.2) is 4.98 Å². The van der Waals surface area contributed by atoms with Crippen LogP contribution in [0.4, 0.5) is 5.69 Å². The minimum Gasteiger partial charge on any atom is -0.474 e. The summed E-state index contributed by atoms with van der Waals surface area (Å²) in [6, 6.07) is 9.34. The van der Waals surface area contributed by atoms with Crippen LogP contribution in [0.2, 0.25) is 0 Å². The summed E-state index contributed by atoms with van der Waals surface area (Å²) in [6.07, 6.45) is 3.90. The summed E-state index contributed by atoms with van der Waals surface area (Å²) in [4.78, 5) is 19.0. The molecule has 0 saturated carbocycles. The lowest BCUT2D eigenvalue weighted by Gasteiger charge is -2.28. The minimum atomic E-state index is -0.131. The normalized spacial score (nSPS) is 15.8. The van der Waals surface area contributed by atoms with Gasteiger partial charge >= 0.3 is 0 Å². The van der Waals surface area contributed by atoms with E-state index in [1.165, 1.54) is 5.56 Å². The molecule has 1 N–H and O–H groups in total. The number of ether oxygens (including phenoxy) is 1. The van der Waals surface area contributed by atoms with Crippen molar-refractivity contribution in [1.29, 1.82) is 0 Å². The van der Waals surface area contributed by atoms with Crippen molar-refractivity contribution in [3.63, 3.8) is 0 Å². The number of nitrogens with zero attached hydrogens (tertiary/aromatic N) is 2. The van der Waals surface area contributed by atoms with Crippen LogP contribution < -0.4 is 10.1 Å². The number of aryl methyl sites for hydroxylation is 2. The highest BCUT2D eigenvalue weighted by molar-refractivity contribution is 6.04. The summed E-state index contributed by atoms with van der Waals surface area (Å²) in [5, 5.41) is 2.88. The Morgan fingerprint density at radius 1 is 1.16 bits per heavy atom. The van der Waals surface area contributed by atoms with E-state index in [-0.39, 0.29) is 12.0 Å². The largest absolute Gasteiger partial charge is 0.474 e. The summed E-state index contributed by atoms with van der Waals surface area (Å²) in [6.45, 7) is 6.14. The third-order valence-corrected chi connectivity index (χ3v) is 4.72. The maximum atomic E-state index is 12.3. The van der Waals surface area contributed by atoms with Gasteiger partial charge < -0.3 is 15.0 Å². The van der Waals surface area contributed by atoms with Crippen molar-refractivity contribution in [2.75, 3.05) is 25.5 Å². The molecule has 2 heterocycles. The number of carbonyl (C=O) groups is 1. The summed E-state index contributed by atoms with van der Waals surface area (Å²) in [7, 11) is 2.13. The molecule has 0 atom stereocenters. The average molecular weight is 339 g/mol. The van der Waals surface area contributed by atoms with Gasteiger partial charge in [-0.2, -0.15) is 0 Å². The van der Waals surface area contributed by atoms with Gasteiger partial charge in [0.05, 0.1) is 11.9 Å². The minimum absolute atomic E-state index is 0.131. The van der Waals surface area contributed by atoms with E-state index in [4.69, 9.17) is 4.74 Å². The van der Waals surface area contributed by atoms with Crippen molar-refractivity contribution in [3.05, 3.63) is 53.2 Å². The smallest absolute Gasteiger partial charge is 0.255 e. The second-order valence-corrected chi connectivity index (χ2v) is 6.76. The lowest BCUT2D eigenvalue weighted by atomic mass is 10.1. The van der Waals surface area contributed by atoms with Gasteiger partial charge in [0.25, 0.3) is 5.91 Å². The number of pyridine rings is 1. The van der Waals surface area contributed by atoms with Gasteiger partial charge in [0.2, 0.25) is 5.88 Å². The summed E-state index contributed by atoms with van der Waals surface area (Å²) < 4.78 is 5.93. The highest BCUT2D eigenvalue weighted by Gasteiger charge is 2.18. The molecule has 0 spiro atoms. The molecule has 1 aromatic heterocycles. The Balaban J connectivity index is 1.58. The predicted molar refractivity (Wildman–Crippen MR) is 99.3 cm³/mol. The summed E-state index contributed by atoms with van der Waals surface area (Å²) in [5.41, 5.74) is 3.59. The fourth-order valence-corrected chi connectivity index (χ4v) is 2.88. The number of anilines is 1. The van der Waals surface area contributed by atoms with Gasteiger partial charge in [-0.3, -0.25) is 4.79 Å². The Labute approximate surface area is 149 Å². The lowest BCUT2D eigenvalue weighted by molar-refractivity contribution is 0.102. The molecule has 1 aliphatic rings. The van der Waals surface area contributed by atoms with Crippen LogP contribution in [0.5, 0.6) is 5.88 Å². The number of benzene rings is 1. The van der Waals surface area contributed by atoms with E-state index >= 15 is 0 Å². The maximum Gasteiger partial charge on any atom is 0.255 e. The molecule has 3 rings (SSSR count). The molecule has 0 aliphatic carbocycles. The summed E-state index contributed by atoms with van der Waals surface area (Å²) >= 11 is 0. The van der Waals surface area contributed by atoms with Gasteiger partial charge in [-0.15, -0.1) is 0 Å². The number of hydrogen-bond donors (Lipinski definition) is 1. The van der Waals surface area contributed by atoms with Crippen molar-refractivity contribution >= 4 is 11.6 Å². The molecule has 1 amide bonds. The fourth-order valence-electron chi connectivity index (χ4n) is 2.88. The predicted octanol–water partition coefficient (Wildman–Crippen LogP) is 3.42. The number of rotatable bonds is 4. The molecule has 132 valence electrons. The molecule has 1 saturated heterocycles. The first-order valence-corrected chi connectivity index (χ1v) is 8.71. The Morgan fingerprint density at radius 3 is 2.56 bits per heavy atom. The van der Waals surface area contributed by atoms with Crippen LogP contribution in [0.1, 0.15) is 34.3 Å². The van der Waals surface area contributed by atoms with Crippen LogP contribution in [-0.4, -0.2) is 42.0 Å². The number of piperidine rings is 1. The van der Waals surface area contributed by atoms with E-state index in [1.807, 2.05) is 44.2 Å². The Kier molecular flexibility index (Phi) is 5.34. The third kappa shape index (κ3) is 4.57. The standard InChI is InChI=1S/C20H25N3O2/c1-14-4-5-16(12-15(14)2)20(24)22-17-6-7-19(21-13-17)25-18-8-10-23(3)11-9-18/h4-7,12-13,18H,8-11H2,1-3H3,(H,22,24). The molecule has 1 aliphatic heterocycles. The Hall–Kier alpha value is -2.40. The topological polar surface area (TPSA) is 54.5 Å². The van der Waals surface area contributed by atoms with Crippen molar-refractivity contribution in [1.82, 2.24) is 9.88 Å². The van der Waals surface area contributed by atoms with Crippen molar-refractivity contribution in [2.45, 2.75) is 32.8 Å². The van der Waals surface area contributed by atoms with E-state index in [1.54, 1.807) is 6.20 Å². The van der Waals surface area contributed by atoms with E-state index in [9.17, 15) is 4.79 Å².